The lowest BCUT2D eigenvalue weighted by atomic mass is 9.78. The van der Waals surface area contributed by atoms with Crippen LogP contribution in [0.5, 0.6) is 0 Å². The molecule has 0 N–H and O–H groups in total. The monoisotopic (exact) mass is 652 g/mol. The Morgan fingerprint density at radius 3 is 1.62 bits per heavy atom. The van der Waals surface area contributed by atoms with Crippen LogP contribution in [0.1, 0.15) is 25.0 Å². The van der Waals surface area contributed by atoms with Crippen molar-refractivity contribution in [1.82, 2.24) is 0 Å². The molecule has 1 aliphatic rings. The molecule has 0 unspecified atom stereocenters. The Kier molecular flexibility index (Phi) is 5.70. The third-order valence-corrected chi connectivity index (χ3v) is 12.6. The van der Waals surface area contributed by atoms with Crippen molar-refractivity contribution in [3.63, 3.8) is 0 Å². The number of fused-ring (bicyclic) bond motifs is 12. The van der Waals surface area contributed by atoms with Crippen LogP contribution < -0.4 is 0 Å². The van der Waals surface area contributed by atoms with Gasteiger partial charge in [0.25, 0.3) is 0 Å². The Morgan fingerprint density at radius 2 is 0.920 bits per heavy atom. The molecule has 0 saturated carbocycles. The lowest BCUT2D eigenvalue weighted by Gasteiger charge is -2.24. The molecule has 11 rings (SSSR count). The van der Waals surface area contributed by atoms with Gasteiger partial charge in [0.05, 0.1) is 0 Å². The van der Waals surface area contributed by atoms with Crippen molar-refractivity contribution in [1.29, 1.82) is 0 Å². The molecule has 1 aliphatic carbocycles. The van der Waals surface area contributed by atoms with E-state index >= 15 is 0 Å². The van der Waals surface area contributed by atoms with Crippen LogP contribution in [-0.2, 0) is 5.41 Å². The molecule has 1 aromatic heterocycles. The van der Waals surface area contributed by atoms with Crippen molar-refractivity contribution in [2.75, 3.05) is 0 Å². The van der Waals surface area contributed by atoms with Crippen LogP contribution in [0.2, 0.25) is 0 Å². The smallest absolute Gasteiger partial charge is 0.0433 e. The summed E-state index contributed by atoms with van der Waals surface area (Å²) >= 11 is 1.96. The summed E-state index contributed by atoms with van der Waals surface area (Å²) < 4.78 is 2.74. The summed E-state index contributed by atoms with van der Waals surface area (Å²) in [4.78, 5) is 0. The second-order valence-electron chi connectivity index (χ2n) is 14.4. The van der Waals surface area contributed by atoms with Gasteiger partial charge in [-0.25, -0.2) is 0 Å². The SMILES string of the molecule is CC1(C)c2ccccc2-c2c(-c3c4ccccc4c(-c4cccc5ccccc45)c4ccccc34)cc3sc4c5ccccc5ccc4c3c21. The predicted octanol–water partition coefficient (Wildman–Crippen LogP) is 14.3. The van der Waals surface area contributed by atoms with Gasteiger partial charge in [-0.1, -0.05) is 166 Å². The molecule has 0 spiro atoms. The van der Waals surface area contributed by atoms with Crippen LogP contribution in [0.4, 0.5) is 0 Å². The molecule has 50 heavy (non-hydrogen) atoms. The molecule has 0 bridgehead atoms. The Hall–Kier alpha value is -5.76. The van der Waals surface area contributed by atoms with E-state index in [0.29, 0.717) is 0 Å². The van der Waals surface area contributed by atoms with Crippen molar-refractivity contribution in [2.45, 2.75) is 19.3 Å². The number of rotatable bonds is 2. The van der Waals surface area contributed by atoms with Gasteiger partial charge in [-0.05, 0) is 93.7 Å². The molecular weight excluding hydrogens is 621 g/mol. The van der Waals surface area contributed by atoms with Gasteiger partial charge < -0.3 is 0 Å². The van der Waals surface area contributed by atoms with Crippen LogP contribution >= 0.6 is 11.3 Å². The highest BCUT2D eigenvalue weighted by atomic mass is 32.1. The van der Waals surface area contributed by atoms with E-state index in [1.54, 1.807) is 0 Å². The summed E-state index contributed by atoms with van der Waals surface area (Å²) in [6.45, 7) is 4.87. The average Bonchev–Trinajstić information content (AvgIpc) is 3.65. The highest BCUT2D eigenvalue weighted by Crippen LogP contribution is 2.59. The van der Waals surface area contributed by atoms with Gasteiger partial charge in [-0.2, -0.15) is 0 Å². The number of thiophene rings is 1. The number of hydrogen-bond acceptors (Lipinski definition) is 1. The molecule has 0 aliphatic heterocycles. The highest BCUT2D eigenvalue weighted by Gasteiger charge is 2.40. The van der Waals surface area contributed by atoms with Crippen molar-refractivity contribution in [3.8, 4) is 33.4 Å². The fourth-order valence-electron chi connectivity index (χ4n) is 9.30. The maximum atomic E-state index is 2.54. The zero-order valence-electron chi connectivity index (χ0n) is 27.9. The first-order valence-electron chi connectivity index (χ1n) is 17.5. The van der Waals surface area contributed by atoms with Gasteiger partial charge >= 0.3 is 0 Å². The van der Waals surface area contributed by atoms with Gasteiger partial charge in [-0.15, -0.1) is 11.3 Å². The number of benzene rings is 9. The summed E-state index contributed by atoms with van der Waals surface area (Å²) in [5, 5.41) is 13.1. The second kappa shape index (κ2) is 10.1. The lowest BCUT2D eigenvalue weighted by molar-refractivity contribution is 0.667. The van der Waals surface area contributed by atoms with E-state index < -0.39 is 0 Å². The van der Waals surface area contributed by atoms with Gasteiger partial charge in [0, 0.05) is 25.6 Å². The molecule has 9 aromatic carbocycles. The van der Waals surface area contributed by atoms with Gasteiger partial charge in [0.1, 0.15) is 0 Å². The fraction of sp³-hybridized carbons (Fsp3) is 0.0612. The minimum atomic E-state index is -0.158. The molecule has 0 fully saturated rings. The topological polar surface area (TPSA) is 0 Å². The van der Waals surface area contributed by atoms with Crippen LogP contribution in [0.3, 0.4) is 0 Å². The first-order chi connectivity index (χ1) is 24.6. The van der Waals surface area contributed by atoms with Gasteiger partial charge in [0.2, 0.25) is 0 Å². The van der Waals surface area contributed by atoms with E-state index in [4.69, 9.17) is 0 Å². The molecule has 0 amide bonds. The minimum Gasteiger partial charge on any atom is -0.134 e. The summed E-state index contributed by atoms with van der Waals surface area (Å²) in [6, 6.07) is 59.0. The minimum absolute atomic E-state index is 0.158. The standard InChI is InChI=1S/C49H32S/c1-49(2)41-25-12-11-23-38(41)45-40(28-42-46(47(45)49)39-27-26-30-15-4-6-18-32(30)48(39)50-42)44-36-21-9-7-19-34(36)43(35-20-8-10-22-37(35)44)33-24-13-16-29-14-3-5-17-31(29)33/h3-28H,1-2H3. The van der Waals surface area contributed by atoms with Crippen molar-refractivity contribution in [2.24, 2.45) is 0 Å². The Labute approximate surface area is 294 Å². The Morgan fingerprint density at radius 1 is 0.400 bits per heavy atom. The third-order valence-electron chi connectivity index (χ3n) is 11.4. The Bertz CT molecular complexity index is 3000. The van der Waals surface area contributed by atoms with Crippen LogP contribution in [-0.4, -0.2) is 0 Å². The predicted molar refractivity (Wildman–Crippen MR) is 218 cm³/mol. The molecule has 0 radical (unpaired) electrons. The molecule has 234 valence electrons. The maximum absolute atomic E-state index is 2.54. The second-order valence-corrected chi connectivity index (χ2v) is 15.4. The zero-order valence-corrected chi connectivity index (χ0v) is 28.7. The summed E-state index contributed by atoms with van der Waals surface area (Å²) in [7, 11) is 0. The fourth-order valence-corrected chi connectivity index (χ4v) is 10.6. The van der Waals surface area contributed by atoms with E-state index in [2.05, 4.69) is 172 Å². The van der Waals surface area contributed by atoms with Gasteiger partial charge in [-0.3, -0.25) is 0 Å². The molecule has 1 heterocycles. The quantitative estimate of drug-likeness (QED) is 0.163. The van der Waals surface area contributed by atoms with Crippen LogP contribution in [0.25, 0.3) is 96.6 Å². The molecule has 10 aromatic rings. The summed E-state index contributed by atoms with van der Waals surface area (Å²) in [6.07, 6.45) is 0. The largest absolute Gasteiger partial charge is 0.134 e. The first kappa shape index (κ1) is 28.1. The van der Waals surface area contributed by atoms with Crippen LogP contribution in [0, 0.1) is 0 Å². The third kappa shape index (κ3) is 3.65. The van der Waals surface area contributed by atoms with Gasteiger partial charge in [0.15, 0.2) is 0 Å². The van der Waals surface area contributed by atoms with E-state index in [0.717, 1.165) is 0 Å². The molecule has 1 heteroatoms. The molecule has 0 atom stereocenters. The Balaban J connectivity index is 1.35. The molecule has 0 saturated heterocycles. The van der Waals surface area contributed by atoms with Crippen LogP contribution in [0.15, 0.2) is 158 Å². The molecular formula is C49H32S. The van der Waals surface area contributed by atoms with E-state index in [1.807, 2.05) is 11.3 Å². The van der Waals surface area contributed by atoms with E-state index in [-0.39, 0.29) is 5.41 Å². The van der Waals surface area contributed by atoms with Crippen molar-refractivity contribution in [3.05, 3.63) is 169 Å². The normalized spacial score (nSPS) is 13.6. The summed E-state index contributed by atoms with van der Waals surface area (Å²) in [5.41, 5.74) is 10.7. The highest BCUT2D eigenvalue weighted by molar-refractivity contribution is 7.26. The van der Waals surface area contributed by atoms with Crippen molar-refractivity contribution < 1.29 is 0 Å². The average molecular weight is 653 g/mol. The molecule has 0 nitrogen and oxygen atoms in total. The maximum Gasteiger partial charge on any atom is 0.0433 e. The number of hydrogen-bond donors (Lipinski definition) is 0. The lowest BCUT2D eigenvalue weighted by Crippen LogP contribution is -2.15. The zero-order chi connectivity index (χ0) is 33.1. The summed E-state index contributed by atoms with van der Waals surface area (Å²) in [5.74, 6) is 0. The van der Waals surface area contributed by atoms with Crippen molar-refractivity contribution >= 4 is 74.6 Å². The first-order valence-corrected chi connectivity index (χ1v) is 18.3. The van der Waals surface area contributed by atoms with E-state index in [1.165, 1.54) is 108 Å². The van der Waals surface area contributed by atoms with E-state index in [9.17, 15) is 0 Å².